The summed E-state index contributed by atoms with van der Waals surface area (Å²) in [5, 5.41) is -0.177. The Labute approximate surface area is 170 Å². The molecule has 5 unspecified atom stereocenters. The lowest BCUT2D eigenvalue weighted by atomic mass is 9.93. The molecule has 0 bridgehead atoms. The Morgan fingerprint density at radius 3 is 2.66 bits per heavy atom. The van der Waals surface area contributed by atoms with Gasteiger partial charge < -0.3 is 10.5 Å². The van der Waals surface area contributed by atoms with E-state index in [4.69, 9.17) is 10.5 Å². The van der Waals surface area contributed by atoms with Crippen LogP contribution in [0.5, 0.6) is 0 Å². The van der Waals surface area contributed by atoms with E-state index >= 15 is 0 Å². The number of benzene rings is 1. The van der Waals surface area contributed by atoms with E-state index in [9.17, 15) is 17.2 Å². The first-order valence-electron chi connectivity index (χ1n) is 10.4. The fourth-order valence-corrected chi connectivity index (χ4v) is 7.37. The summed E-state index contributed by atoms with van der Waals surface area (Å²) in [6.07, 6.45) is 2.39. The molecule has 6 nitrogen and oxygen atoms in total. The second kappa shape index (κ2) is 7.23. The first-order valence-corrected chi connectivity index (χ1v) is 11.9. The number of sulfonamides is 1. The monoisotopic (exact) mass is 427 g/mol. The van der Waals surface area contributed by atoms with Gasteiger partial charge in [-0.25, -0.2) is 17.2 Å². The molecule has 5 atom stereocenters. The molecule has 2 N–H and O–H groups in total. The quantitative estimate of drug-likeness (QED) is 0.790. The predicted molar refractivity (Wildman–Crippen MR) is 104 cm³/mol. The van der Waals surface area contributed by atoms with Crippen molar-refractivity contribution in [2.75, 3.05) is 26.2 Å². The first-order chi connectivity index (χ1) is 13.8. The van der Waals surface area contributed by atoms with Crippen LogP contribution in [0.25, 0.3) is 0 Å². The van der Waals surface area contributed by atoms with E-state index in [1.807, 2.05) is 0 Å². The summed E-state index contributed by atoms with van der Waals surface area (Å²) < 4.78 is 60.8. The standard InChI is InChI=1S/C20H27F2N3O3S/c21-13-1-4-17(22)16(7-13)20-18(23)8-14(11-28-20)24-9-12-5-6-25(19(12)10-24)29(26,27)15-2-3-15/h1,4,7,12,14-15,18-20H,2-3,5-6,8-11,23H2. The summed E-state index contributed by atoms with van der Waals surface area (Å²) in [7, 11) is -3.16. The molecule has 29 heavy (non-hydrogen) atoms. The second-order valence-corrected chi connectivity index (χ2v) is 11.1. The molecule has 0 aromatic heterocycles. The van der Waals surface area contributed by atoms with E-state index in [0.717, 1.165) is 44.0 Å². The number of ether oxygens (including phenoxy) is 1. The van der Waals surface area contributed by atoms with Crippen molar-refractivity contribution < 1.29 is 21.9 Å². The Kier molecular flexibility index (Phi) is 4.94. The molecule has 3 aliphatic heterocycles. The number of rotatable bonds is 4. The average molecular weight is 428 g/mol. The summed E-state index contributed by atoms with van der Waals surface area (Å²) >= 11 is 0. The molecule has 4 fully saturated rings. The number of hydrogen-bond acceptors (Lipinski definition) is 5. The number of hydrogen-bond donors (Lipinski definition) is 1. The number of fused-ring (bicyclic) bond motifs is 1. The maximum atomic E-state index is 14.1. The van der Waals surface area contributed by atoms with Crippen molar-refractivity contribution in [2.24, 2.45) is 11.7 Å². The summed E-state index contributed by atoms with van der Waals surface area (Å²) in [6.45, 7) is 2.53. The molecule has 4 aliphatic rings. The van der Waals surface area contributed by atoms with Crippen molar-refractivity contribution in [3.05, 3.63) is 35.4 Å². The predicted octanol–water partition coefficient (Wildman–Crippen LogP) is 1.62. The highest BCUT2D eigenvalue weighted by Crippen LogP contribution is 2.41. The molecule has 1 saturated carbocycles. The largest absolute Gasteiger partial charge is 0.370 e. The van der Waals surface area contributed by atoms with Crippen molar-refractivity contribution >= 4 is 10.0 Å². The van der Waals surface area contributed by atoms with Crippen LogP contribution in [0, 0.1) is 17.6 Å². The molecule has 0 radical (unpaired) electrons. The van der Waals surface area contributed by atoms with E-state index in [1.54, 1.807) is 4.31 Å². The van der Waals surface area contributed by atoms with E-state index in [2.05, 4.69) is 4.90 Å². The molecule has 5 rings (SSSR count). The number of halogens is 2. The van der Waals surface area contributed by atoms with Crippen LogP contribution < -0.4 is 5.73 Å². The molecule has 1 aromatic rings. The Morgan fingerprint density at radius 1 is 1.14 bits per heavy atom. The Balaban J connectivity index is 1.25. The van der Waals surface area contributed by atoms with Crippen molar-refractivity contribution in [3.63, 3.8) is 0 Å². The van der Waals surface area contributed by atoms with Crippen LogP contribution in [0.1, 0.15) is 37.4 Å². The van der Waals surface area contributed by atoms with E-state index in [-0.39, 0.29) is 22.9 Å². The minimum Gasteiger partial charge on any atom is -0.370 e. The van der Waals surface area contributed by atoms with Gasteiger partial charge in [-0.05, 0) is 49.8 Å². The lowest BCUT2D eigenvalue weighted by molar-refractivity contribution is -0.0485. The van der Waals surface area contributed by atoms with Crippen molar-refractivity contribution in [3.8, 4) is 0 Å². The summed E-state index contributed by atoms with van der Waals surface area (Å²) in [4.78, 5) is 2.28. The van der Waals surface area contributed by atoms with Gasteiger partial charge in [0.2, 0.25) is 10.0 Å². The van der Waals surface area contributed by atoms with Gasteiger partial charge in [-0.1, -0.05) is 0 Å². The maximum absolute atomic E-state index is 14.1. The topological polar surface area (TPSA) is 75.9 Å². The van der Waals surface area contributed by atoms with Crippen molar-refractivity contribution in [1.29, 1.82) is 0 Å². The number of likely N-dealkylation sites (tertiary alicyclic amines) is 1. The van der Waals surface area contributed by atoms with Crippen LogP contribution in [0.4, 0.5) is 8.78 Å². The highest BCUT2D eigenvalue weighted by molar-refractivity contribution is 7.90. The SMILES string of the molecule is NC1CC(N2CC3CCN(S(=O)(=O)C4CC4)C3C2)COC1c1cc(F)ccc1F. The molecule has 3 heterocycles. The zero-order chi connectivity index (χ0) is 20.3. The van der Waals surface area contributed by atoms with Gasteiger partial charge >= 0.3 is 0 Å². The molecule has 0 spiro atoms. The van der Waals surface area contributed by atoms with Gasteiger partial charge in [-0.15, -0.1) is 0 Å². The van der Waals surface area contributed by atoms with Crippen LogP contribution in [-0.2, 0) is 14.8 Å². The van der Waals surface area contributed by atoms with Gasteiger partial charge in [0.05, 0.1) is 11.9 Å². The molecular weight excluding hydrogens is 400 g/mol. The van der Waals surface area contributed by atoms with Crippen molar-refractivity contribution in [2.45, 2.75) is 55.2 Å². The minimum atomic E-state index is -3.16. The van der Waals surface area contributed by atoms with Gasteiger partial charge in [-0.3, -0.25) is 4.90 Å². The fraction of sp³-hybridized carbons (Fsp3) is 0.700. The van der Waals surface area contributed by atoms with Gasteiger partial charge in [-0.2, -0.15) is 4.31 Å². The smallest absolute Gasteiger partial charge is 0.217 e. The molecule has 0 amide bonds. The van der Waals surface area contributed by atoms with E-state index in [0.29, 0.717) is 32.0 Å². The number of nitrogens with two attached hydrogens (primary N) is 1. The molecule has 160 valence electrons. The molecule has 9 heteroatoms. The van der Waals surface area contributed by atoms with E-state index < -0.39 is 33.8 Å². The van der Waals surface area contributed by atoms with Gasteiger partial charge in [0.25, 0.3) is 0 Å². The van der Waals surface area contributed by atoms with Gasteiger partial charge in [0.15, 0.2) is 0 Å². The van der Waals surface area contributed by atoms with Crippen LogP contribution in [0.3, 0.4) is 0 Å². The van der Waals surface area contributed by atoms with Crippen LogP contribution >= 0.6 is 0 Å². The molecule has 1 aromatic carbocycles. The lowest BCUT2D eigenvalue weighted by Crippen LogP contribution is -2.50. The maximum Gasteiger partial charge on any atom is 0.217 e. The molecule has 1 aliphatic carbocycles. The van der Waals surface area contributed by atoms with Crippen LogP contribution in [0.15, 0.2) is 18.2 Å². The normalized spacial score (nSPS) is 36.4. The lowest BCUT2D eigenvalue weighted by Gasteiger charge is -2.39. The van der Waals surface area contributed by atoms with Gasteiger partial charge in [0.1, 0.15) is 17.7 Å². The highest BCUT2D eigenvalue weighted by Gasteiger charge is 2.51. The second-order valence-electron chi connectivity index (χ2n) is 8.90. The molecular formula is C20H27F2N3O3S. The third-order valence-corrected chi connectivity index (χ3v) is 9.40. The Hall–Kier alpha value is -1.13. The average Bonchev–Trinajstić information content (AvgIpc) is 3.35. The Morgan fingerprint density at radius 2 is 1.93 bits per heavy atom. The summed E-state index contributed by atoms with van der Waals surface area (Å²) in [5.41, 5.74) is 6.46. The Bertz CT molecular complexity index is 895. The zero-order valence-corrected chi connectivity index (χ0v) is 17.0. The third kappa shape index (κ3) is 3.50. The van der Waals surface area contributed by atoms with Crippen LogP contribution in [-0.4, -0.2) is 67.2 Å². The van der Waals surface area contributed by atoms with Gasteiger partial charge in [0, 0.05) is 43.3 Å². The molecule has 3 saturated heterocycles. The number of nitrogens with zero attached hydrogens (tertiary/aromatic N) is 2. The van der Waals surface area contributed by atoms with Crippen LogP contribution in [0.2, 0.25) is 0 Å². The fourth-order valence-electron chi connectivity index (χ4n) is 5.28. The summed E-state index contributed by atoms with van der Waals surface area (Å²) in [5.74, 6) is -0.677. The third-order valence-electron chi connectivity index (χ3n) is 6.98. The zero-order valence-electron chi connectivity index (χ0n) is 16.2. The van der Waals surface area contributed by atoms with E-state index in [1.165, 1.54) is 0 Å². The first kappa shape index (κ1) is 19.8. The summed E-state index contributed by atoms with van der Waals surface area (Å²) in [6, 6.07) is 2.99. The highest BCUT2D eigenvalue weighted by atomic mass is 32.2. The minimum absolute atomic E-state index is 0.0372. The van der Waals surface area contributed by atoms with Crippen molar-refractivity contribution in [1.82, 2.24) is 9.21 Å².